The molecule has 5 heterocycles. The Bertz CT molecular complexity index is 3800. The number of furan rings is 3. The quantitative estimate of drug-likeness (QED) is 0.0576. The standard InChI is InChI=1S/C26H30N2O3.2C23H26N2O3/c1-15-3-9-19(10-4-15)28-26(30)24-16(2)31-23-12-11-22(29)20(25(23)24)14-27-21-13-17-5-7-18(21)8-6-17;2*1-14-6-8-17(9-7-14)24-23(27)21-16(3)28-20-11-10-19(26)18(22(20)21)13-25-12-4-5-15(25)2/h3-4,9-12,17-18,21,27,29H,5-8,13-14H2,1-2H3,(H,28,30);2*6-11,15,26H,4-5,12-13H2,1-3H3,(H,24,27)/t;2*15-/m.10/s1. The number of carbonyl (C=O) groups is 3. The average Bonchev–Trinajstić information content (AvgIpc) is 2.26. The molecule has 14 rings (SSSR count). The molecule has 6 aromatic carbocycles. The topological polar surface area (TPSA) is 206 Å². The van der Waals surface area contributed by atoms with E-state index < -0.39 is 0 Å². The van der Waals surface area contributed by atoms with Gasteiger partial charge < -0.3 is 49.8 Å². The van der Waals surface area contributed by atoms with Crippen LogP contribution in [-0.2, 0) is 19.6 Å². The van der Waals surface area contributed by atoms with Crippen molar-refractivity contribution >= 4 is 67.7 Å². The first-order valence-electron chi connectivity index (χ1n) is 30.9. The van der Waals surface area contributed by atoms with E-state index in [1.54, 1.807) is 57.2 Å². The second kappa shape index (κ2) is 25.9. The lowest BCUT2D eigenvalue weighted by molar-refractivity contribution is 0.101. The Kier molecular flexibility index (Phi) is 18.0. The van der Waals surface area contributed by atoms with Gasteiger partial charge in [-0.3, -0.25) is 24.2 Å². The normalized spacial score (nSPS) is 19.2. The molecule has 87 heavy (non-hydrogen) atoms. The van der Waals surface area contributed by atoms with Crippen molar-refractivity contribution in [2.45, 2.75) is 151 Å². The second-order valence-electron chi connectivity index (χ2n) is 24.8. The number of phenolic OH excluding ortho intramolecular Hbond substituents is 3. The van der Waals surface area contributed by atoms with Crippen LogP contribution in [0.25, 0.3) is 32.9 Å². The van der Waals surface area contributed by atoms with Crippen molar-refractivity contribution in [3.05, 3.63) is 177 Å². The maximum Gasteiger partial charge on any atom is 0.259 e. The van der Waals surface area contributed by atoms with Crippen LogP contribution in [0, 0.1) is 53.4 Å². The Balaban J connectivity index is 0.000000135. The van der Waals surface area contributed by atoms with Crippen LogP contribution in [-0.4, -0.2) is 74.1 Å². The fourth-order valence-corrected chi connectivity index (χ4v) is 13.6. The largest absolute Gasteiger partial charge is 0.508 e. The predicted octanol–water partition coefficient (Wildman–Crippen LogP) is 15.7. The Morgan fingerprint density at radius 3 is 1.13 bits per heavy atom. The first-order valence-corrected chi connectivity index (χ1v) is 30.9. The number of aromatic hydroxyl groups is 3. The number of hydrogen-bond donors (Lipinski definition) is 7. The molecule has 1 unspecified atom stereocenters. The summed E-state index contributed by atoms with van der Waals surface area (Å²) in [6.45, 7) is 19.6. The van der Waals surface area contributed by atoms with Crippen LogP contribution in [0.3, 0.4) is 0 Å². The van der Waals surface area contributed by atoms with Gasteiger partial charge in [0.1, 0.15) is 51.3 Å². The number of carbonyl (C=O) groups excluding carboxylic acids is 3. The maximum absolute atomic E-state index is 13.2. The van der Waals surface area contributed by atoms with E-state index in [2.05, 4.69) is 44.9 Å². The molecule has 15 heteroatoms. The summed E-state index contributed by atoms with van der Waals surface area (Å²) in [4.78, 5) is 44.1. The number of nitrogens with one attached hydrogen (secondary N) is 4. The van der Waals surface area contributed by atoms with Crippen LogP contribution in [0.5, 0.6) is 17.2 Å². The van der Waals surface area contributed by atoms with Crippen LogP contribution < -0.4 is 21.3 Å². The zero-order valence-electron chi connectivity index (χ0n) is 51.4. The van der Waals surface area contributed by atoms with Gasteiger partial charge >= 0.3 is 0 Å². The molecule has 5 fully saturated rings. The highest BCUT2D eigenvalue weighted by molar-refractivity contribution is 6.16. The lowest BCUT2D eigenvalue weighted by atomic mass is 9.68. The summed E-state index contributed by atoms with van der Waals surface area (Å²) in [5.74, 6) is 3.18. The molecule has 3 aromatic heterocycles. The van der Waals surface area contributed by atoms with Gasteiger partial charge in [-0.2, -0.15) is 0 Å². The van der Waals surface area contributed by atoms with Gasteiger partial charge in [0, 0.05) is 87.7 Å². The molecular formula is C72H82N6O9. The number of rotatable bonds is 13. The number of anilines is 3. The van der Waals surface area contributed by atoms with Crippen molar-refractivity contribution < 1.29 is 43.0 Å². The van der Waals surface area contributed by atoms with Crippen molar-refractivity contribution in [3.8, 4) is 17.2 Å². The lowest BCUT2D eigenvalue weighted by Crippen LogP contribution is -2.44. The first-order chi connectivity index (χ1) is 41.9. The molecule has 9 aromatic rings. The fourth-order valence-electron chi connectivity index (χ4n) is 13.6. The van der Waals surface area contributed by atoms with E-state index in [1.165, 1.54) is 32.1 Å². The van der Waals surface area contributed by atoms with Gasteiger partial charge in [-0.05, 0) is 198 Å². The minimum atomic E-state index is -0.221. The van der Waals surface area contributed by atoms with Gasteiger partial charge in [-0.1, -0.05) is 65.9 Å². The fraction of sp³-hybridized carbons (Fsp3) is 0.375. The van der Waals surface area contributed by atoms with Crippen LogP contribution >= 0.6 is 0 Å². The van der Waals surface area contributed by atoms with E-state index in [0.29, 0.717) is 105 Å². The van der Waals surface area contributed by atoms with E-state index in [9.17, 15) is 29.7 Å². The van der Waals surface area contributed by atoms with Crippen LogP contribution in [0.15, 0.2) is 122 Å². The van der Waals surface area contributed by atoms with E-state index in [0.717, 1.165) is 101 Å². The van der Waals surface area contributed by atoms with Crippen molar-refractivity contribution in [1.82, 2.24) is 15.1 Å². The molecule has 15 nitrogen and oxygen atoms in total. The number of benzene rings is 6. The molecule has 2 bridgehead atoms. The molecule has 0 spiro atoms. The minimum absolute atomic E-state index is 0.200. The molecule has 7 N–H and O–H groups in total. The monoisotopic (exact) mass is 1170 g/mol. The highest BCUT2D eigenvalue weighted by atomic mass is 16.3. The van der Waals surface area contributed by atoms with Crippen molar-refractivity contribution in [1.29, 1.82) is 0 Å². The van der Waals surface area contributed by atoms with Crippen LogP contribution in [0.1, 0.15) is 153 Å². The van der Waals surface area contributed by atoms with E-state index in [1.807, 2.05) is 93.6 Å². The van der Waals surface area contributed by atoms with Crippen LogP contribution in [0.2, 0.25) is 0 Å². The molecule has 3 saturated carbocycles. The summed E-state index contributed by atoms with van der Waals surface area (Å²) in [5, 5.41) is 46.6. The molecular weight excluding hydrogens is 1090 g/mol. The summed E-state index contributed by atoms with van der Waals surface area (Å²) in [6.07, 6.45) is 11.1. The number of nitrogens with zero attached hydrogens (tertiary/aromatic N) is 2. The number of hydrogen-bond acceptors (Lipinski definition) is 12. The van der Waals surface area contributed by atoms with Gasteiger partial charge in [-0.25, -0.2) is 0 Å². The molecule has 0 radical (unpaired) electrons. The van der Waals surface area contributed by atoms with E-state index in [4.69, 9.17) is 13.3 Å². The van der Waals surface area contributed by atoms with Gasteiger partial charge in [0.05, 0.1) is 16.7 Å². The third-order valence-electron chi connectivity index (χ3n) is 18.6. The summed E-state index contributed by atoms with van der Waals surface area (Å²) in [5.41, 5.74) is 11.3. The van der Waals surface area contributed by atoms with Crippen LogP contribution in [0.4, 0.5) is 17.1 Å². The Morgan fingerprint density at radius 1 is 0.460 bits per heavy atom. The van der Waals surface area contributed by atoms with Gasteiger partial charge in [0.15, 0.2) is 0 Å². The Labute approximate surface area is 509 Å². The average molecular weight is 1180 g/mol. The SMILES string of the molecule is Cc1ccc(NC(=O)c2c(C)oc3ccc(O)c(CN4CCC[C@@H]4C)c23)cc1.Cc1ccc(NC(=O)c2c(C)oc3ccc(O)c(CN4CCC[C@H]4C)c23)cc1.Cc1ccc(NC(=O)c2c(C)oc3ccc(O)c(CNC4CC5CCC4CC5)c23)cc1. The maximum atomic E-state index is 13.2. The number of likely N-dealkylation sites (tertiary alicyclic amines) is 2. The third-order valence-corrected chi connectivity index (χ3v) is 18.6. The first kappa shape index (κ1) is 60.3. The van der Waals surface area contributed by atoms with Gasteiger partial charge in [0.2, 0.25) is 0 Å². The number of amides is 3. The van der Waals surface area contributed by atoms with Gasteiger partial charge in [0.25, 0.3) is 17.7 Å². The van der Waals surface area contributed by atoms with Crippen molar-refractivity contribution in [2.24, 2.45) is 11.8 Å². The van der Waals surface area contributed by atoms with E-state index >= 15 is 0 Å². The predicted molar refractivity (Wildman–Crippen MR) is 344 cm³/mol. The Hall–Kier alpha value is -8.37. The molecule has 5 aliphatic rings. The lowest BCUT2D eigenvalue weighted by Gasteiger charge is -2.42. The third kappa shape index (κ3) is 13.2. The van der Waals surface area contributed by atoms with Gasteiger partial charge in [-0.15, -0.1) is 0 Å². The second-order valence-corrected chi connectivity index (χ2v) is 24.8. The molecule has 3 aliphatic carbocycles. The minimum Gasteiger partial charge on any atom is -0.508 e. The summed E-state index contributed by atoms with van der Waals surface area (Å²) in [6, 6.07) is 34.7. The summed E-state index contributed by atoms with van der Waals surface area (Å²) in [7, 11) is 0. The number of fused-ring (bicyclic) bond motifs is 6. The number of phenols is 3. The summed E-state index contributed by atoms with van der Waals surface area (Å²) < 4.78 is 17.7. The molecule has 3 amide bonds. The molecule has 3 atom stereocenters. The molecule has 2 aliphatic heterocycles. The molecule has 454 valence electrons. The number of aryl methyl sites for hydroxylation is 6. The highest BCUT2D eigenvalue weighted by Gasteiger charge is 2.36. The zero-order valence-corrected chi connectivity index (χ0v) is 51.4. The smallest absolute Gasteiger partial charge is 0.259 e. The summed E-state index contributed by atoms with van der Waals surface area (Å²) >= 11 is 0. The highest BCUT2D eigenvalue weighted by Crippen LogP contribution is 2.43. The van der Waals surface area contributed by atoms with E-state index in [-0.39, 0.29) is 35.0 Å². The van der Waals surface area contributed by atoms with Crippen molar-refractivity contribution in [2.75, 3.05) is 29.0 Å². The zero-order chi connectivity index (χ0) is 61.2. The van der Waals surface area contributed by atoms with Crippen molar-refractivity contribution in [3.63, 3.8) is 0 Å². The molecule has 2 saturated heterocycles. The Morgan fingerprint density at radius 2 is 0.805 bits per heavy atom.